The smallest absolute Gasteiger partial charge is 0.271 e. The maximum atomic E-state index is 9.04. The summed E-state index contributed by atoms with van der Waals surface area (Å²) in [5.41, 5.74) is 10.8. The van der Waals surface area contributed by atoms with Gasteiger partial charge in [0.2, 0.25) is 5.69 Å². The van der Waals surface area contributed by atoms with Crippen molar-refractivity contribution in [2.45, 2.75) is 38.3 Å². The quantitative estimate of drug-likeness (QED) is 0.166. The summed E-state index contributed by atoms with van der Waals surface area (Å²) in [6, 6.07) is 16.8. The standard InChI is InChI=1S/C20H18N2OS3.C4H8.C2H6/c21-18-17-14(13-6-2-1-3-7-13)12-15(16-8-4-10-24-16)22-19(17)26-20(18)25-11-5-9-23;1-3-4-2;1-2/h1-4,6-8,10,12,23H,5,9,11,21H2;3-4H,1-2H3;1-2H3/p+1/b;4-3-;. The molecule has 0 bridgehead atoms. The van der Waals surface area contributed by atoms with Crippen LogP contribution in [-0.2, 0) is 0 Å². The van der Waals surface area contributed by atoms with Crippen LogP contribution in [0.15, 0.2) is 70.3 Å². The van der Waals surface area contributed by atoms with Crippen molar-refractivity contribution in [2.24, 2.45) is 0 Å². The lowest BCUT2D eigenvalue weighted by atomic mass is 10.0. The number of H-pyrrole nitrogens is 1. The third-order valence-electron chi connectivity index (χ3n) is 4.46. The van der Waals surface area contributed by atoms with Gasteiger partial charge in [-0.15, -0.1) is 23.1 Å². The molecule has 0 atom stereocenters. The van der Waals surface area contributed by atoms with E-state index in [1.54, 1.807) is 34.4 Å². The number of anilines is 1. The molecule has 3 nitrogen and oxygen atoms in total. The van der Waals surface area contributed by atoms with Gasteiger partial charge in [0.05, 0.1) is 20.2 Å². The first-order valence-electron chi connectivity index (χ1n) is 10.9. The molecular formula is C26H33N2OS3+. The minimum Gasteiger partial charge on any atom is -0.396 e. The Kier molecular flexibility index (Phi) is 11.5. The molecule has 3 aromatic heterocycles. The number of fused-ring (bicyclic) bond motifs is 1. The molecule has 0 saturated heterocycles. The fraction of sp³-hybridized carbons (Fsp3) is 0.269. The molecule has 1 aromatic carbocycles. The van der Waals surface area contributed by atoms with Gasteiger partial charge >= 0.3 is 0 Å². The van der Waals surface area contributed by atoms with Crippen LogP contribution in [0.2, 0.25) is 0 Å². The van der Waals surface area contributed by atoms with Gasteiger partial charge in [0, 0.05) is 24.0 Å². The Morgan fingerprint density at radius 1 is 1.06 bits per heavy atom. The zero-order chi connectivity index (χ0) is 23.3. The number of aliphatic hydroxyl groups excluding tert-OH is 1. The molecule has 6 heteroatoms. The molecule has 32 heavy (non-hydrogen) atoms. The van der Waals surface area contributed by atoms with Crippen LogP contribution < -0.4 is 10.7 Å². The molecule has 4 N–H and O–H groups in total. The summed E-state index contributed by atoms with van der Waals surface area (Å²) in [6.45, 7) is 8.21. The summed E-state index contributed by atoms with van der Waals surface area (Å²) >= 11 is 5.15. The number of allylic oxidation sites excluding steroid dienone is 2. The Bertz CT molecular complexity index is 1080. The maximum Gasteiger partial charge on any atom is 0.271 e. The monoisotopic (exact) mass is 485 g/mol. The molecule has 170 valence electrons. The molecule has 0 aliphatic rings. The lowest BCUT2D eigenvalue weighted by Gasteiger charge is -2.04. The molecule has 0 amide bonds. The van der Waals surface area contributed by atoms with Gasteiger partial charge in [-0.05, 0) is 37.3 Å². The Morgan fingerprint density at radius 2 is 1.78 bits per heavy atom. The van der Waals surface area contributed by atoms with Crippen LogP contribution in [0.1, 0.15) is 34.1 Å². The number of thioether (sulfide) groups is 1. The molecule has 0 unspecified atom stereocenters. The van der Waals surface area contributed by atoms with Gasteiger partial charge in [-0.2, -0.15) is 4.98 Å². The highest BCUT2D eigenvalue weighted by molar-refractivity contribution is 8.01. The second-order valence-corrected chi connectivity index (χ2v) is 9.87. The van der Waals surface area contributed by atoms with Crippen molar-refractivity contribution >= 4 is 50.3 Å². The maximum absolute atomic E-state index is 9.04. The summed E-state index contributed by atoms with van der Waals surface area (Å²) in [6.07, 6.45) is 4.77. The molecule has 4 rings (SSSR count). The number of thiophene rings is 2. The van der Waals surface area contributed by atoms with Crippen LogP contribution in [0.3, 0.4) is 0 Å². The van der Waals surface area contributed by atoms with Crippen LogP contribution in [0.5, 0.6) is 0 Å². The summed E-state index contributed by atoms with van der Waals surface area (Å²) in [4.78, 5) is 5.89. The largest absolute Gasteiger partial charge is 0.396 e. The highest BCUT2D eigenvalue weighted by Gasteiger charge is 2.22. The number of nitrogen functional groups attached to an aromatic ring is 1. The van der Waals surface area contributed by atoms with E-state index in [2.05, 4.69) is 52.8 Å². The minimum absolute atomic E-state index is 0.210. The number of hydrogen-bond acceptors (Lipinski definition) is 5. The van der Waals surface area contributed by atoms with Crippen molar-refractivity contribution in [2.75, 3.05) is 18.1 Å². The van der Waals surface area contributed by atoms with Crippen molar-refractivity contribution in [3.8, 4) is 21.7 Å². The highest BCUT2D eigenvalue weighted by Crippen LogP contribution is 2.44. The summed E-state index contributed by atoms with van der Waals surface area (Å²) in [5, 5.41) is 12.2. The first-order chi connectivity index (χ1) is 15.7. The number of aromatic amines is 1. The third-order valence-corrected chi connectivity index (χ3v) is 7.85. The Morgan fingerprint density at radius 3 is 2.38 bits per heavy atom. The summed E-state index contributed by atoms with van der Waals surface area (Å²) in [7, 11) is 0. The molecule has 0 radical (unpaired) electrons. The Labute approximate surface area is 204 Å². The van der Waals surface area contributed by atoms with E-state index >= 15 is 0 Å². The van der Waals surface area contributed by atoms with Gasteiger partial charge in [-0.1, -0.05) is 73.7 Å². The van der Waals surface area contributed by atoms with E-state index in [0.717, 1.165) is 43.5 Å². The fourth-order valence-corrected chi connectivity index (χ4v) is 5.93. The van der Waals surface area contributed by atoms with E-state index in [4.69, 9.17) is 10.8 Å². The molecule has 0 aliphatic heterocycles. The van der Waals surface area contributed by atoms with Crippen molar-refractivity contribution < 1.29 is 10.1 Å². The molecule has 4 aromatic rings. The van der Waals surface area contributed by atoms with E-state index in [-0.39, 0.29) is 6.61 Å². The topological polar surface area (TPSA) is 60.4 Å². The van der Waals surface area contributed by atoms with Crippen LogP contribution in [0.4, 0.5) is 5.69 Å². The van der Waals surface area contributed by atoms with Gasteiger partial charge < -0.3 is 10.8 Å². The van der Waals surface area contributed by atoms with E-state index in [9.17, 15) is 0 Å². The van der Waals surface area contributed by atoms with E-state index < -0.39 is 0 Å². The van der Waals surface area contributed by atoms with Crippen LogP contribution >= 0.6 is 34.4 Å². The number of nitrogens with one attached hydrogen (secondary N) is 1. The molecule has 0 fully saturated rings. The van der Waals surface area contributed by atoms with Crippen LogP contribution in [0, 0.1) is 0 Å². The zero-order valence-corrected chi connectivity index (χ0v) is 21.7. The van der Waals surface area contributed by atoms with Crippen molar-refractivity contribution in [3.05, 3.63) is 66.1 Å². The van der Waals surface area contributed by atoms with Crippen LogP contribution in [0.25, 0.3) is 31.9 Å². The molecule has 0 aliphatic carbocycles. The van der Waals surface area contributed by atoms with Gasteiger partial charge in [0.15, 0.2) is 0 Å². The third kappa shape index (κ3) is 6.69. The lowest BCUT2D eigenvalue weighted by Crippen LogP contribution is -2.06. The first kappa shape index (κ1) is 26.1. The zero-order valence-electron chi connectivity index (χ0n) is 19.2. The van der Waals surface area contributed by atoms with Crippen molar-refractivity contribution in [3.63, 3.8) is 0 Å². The molecular weight excluding hydrogens is 453 g/mol. The molecule has 0 saturated carbocycles. The normalized spacial score (nSPS) is 10.5. The van der Waals surface area contributed by atoms with E-state index in [1.807, 2.05) is 45.9 Å². The van der Waals surface area contributed by atoms with Gasteiger partial charge in [-0.3, -0.25) is 0 Å². The van der Waals surface area contributed by atoms with Crippen molar-refractivity contribution in [1.82, 2.24) is 0 Å². The predicted octanol–water partition coefficient (Wildman–Crippen LogP) is 7.78. The van der Waals surface area contributed by atoms with Gasteiger partial charge in [0.1, 0.15) is 0 Å². The SMILES string of the molecule is C/C=C\C.CC.Nc1c(SCCCO)sc2[nH+]c(-c3cccs3)cc(-c3ccccc3)c12. The lowest BCUT2D eigenvalue weighted by molar-refractivity contribution is -0.327. The number of hydrogen-bond donors (Lipinski definition) is 2. The van der Waals surface area contributed by atoms with E-state index in [1.165, 1.54) is 10.4 Å². The number of rotatable bonds is 6. The highest BCUT2D eigenvalue weighted by atomic mass is 32.2. The average molecular weight is 486 g/mol. The van der Waals surface area contributed by atoms with Gasteiger partial charge in [0.25, 0.3) is 4.83 Å². The van der Waals surface area contributed by atoms with Crippen molar-refractivity contribution in [1.29, 1.82) is 0 Å². The Hall–Kier alpha value is -2.12. The predicted molar refractivity (Wildman–Crippen MR) is 146 cm³/mol. The second-order valence-electron chi connectivity index (χ2n) is 6.54. The molecule has 0 spiro atoms. The minimum atomic E-state index is 0.210. The van der Waals surface area contributed by atoms with Crippen LogP contribution in [-0.4, -0.2) is 17.5 Å². The Balaban J connectivity index is 0.000000547. The first-order valence-corrected chi connectivity index (χ1v) is 13.6. The second kappa shape index (κ2) is 14.1. The number of aromatic nitrogens is 1. The fourth-order valence-electron chi connectivity index (χ4n) is 2.90. The number of aliphatic hydroxyl groups is 1. The van der Waals surface area contributed by atoms with E-state index in [0.29, 0.717) is 0 Å². The number of nitrogens with two attached hydrogens (primary N) is 1. The molecule has 3 heterocycles. The van der Waals surface area contributed by atoms with Gasteiger partial charge in [-0.25, -0.2) is 0 Å². The number of benzene rings is 1. The summed E-state index contributed by atoms with van der Waals surface area (Å²) < 4.78 is 1.12. The number of pyridine rings is 1. The summed E-state index contributed by atoms with van der Waals surface area (Å²) in [5.74, 6) is 0.867. The average Bonchev–Trinajstić information content (AvgIpc) is 3.49.